The van der Waals surface area contributed by atoms with E-state index in [0.29, 0.717) is 36.5 Å². The monoisotopic (exact) mass is 543 g/mol. The van der Waals surface area contributed by atoms with Crippen LogP contribution in [0.25, 0.3) is 0 Å². The third-order valence-electron chi connectivity index (χ3n) is 8.52. The maximum absolute atomic E-state index is 12.8. The van der Waals surface area contributed by atoms with Crippen LogP contribution in [0.5, 0.6) is 11.5 Å². The van der Waals surface area contributed by atoms with Gasteiger partial charge < -0.3 is 33.7 Å². The van der Waals surface area contributed by atoms with Gasteiger partial charge in [0.1, 0.15) is 5.76 Å². The first-order valence-corrected chi connectivity index (χ1v) is 13.6. The van der Waals surface area contributed by atoms with Gasteiger partial charge in [0.05, 0.1) is 37.6 Å². The van der Waals surface area contributed by atoms with Crippen molar-refractivity contribution in [3.63, 3.8) is 0 Å². The second kappa shape index (κ2) is 10.1. The van der Waals surface area contributed by atoms with Crippen LogP contribution in [0.15, 0.2) is 24.0 Å². The van der Waals surface area contributed by atoms with Crippen molar-refractivity contribution in [2.45, 2.75) is 82.1 Å². The third kappa shape index (κ3) is 4.37. The molecule has 1 N–H and O–H groups in total. The molecule has 1 saturated heterocycles. The van der Waals surface area contributed by atoms with Gasteiger partial charge in [-0.3, -0.25) is 9.59 Å². The number of aliphatic hydroxyl groups is 1. The molecule has 10 nitrogen and oxygen atoms in total. The highest BCUT2D eigenvalue weighted by molar-refractivity contribution is 5.81. The van der Waals surface area contributed by atoms with E-state index in [1.165, 1.54) is 6.92 Å². The Morgan fingerprint density at radius 1 is 1.18 bits per heavy atom. The Labute approximate surface area is 228 Å². The van der Waals surface area contributed by atoms with Crippen LogP contribution in [-0.2, 0) is 40.4 Å². The fourth-order valence-electron chi connectivity index (χ4n) is 6.64. The van der Waals surface area contributed by atoms with Crippen molar-refractivity contribution >= 4 is 17.9 Å². The largest absolute Gasteiger partial charge is 0.493 e. The molecule has 10 heteroatoms. The molecule has 2 aliphatic heterocycles. The minimum atomic E-state index is -1.10. The molecule has 0 saturated carbocycles. The van der Waals surface area contributed by atoms with Crippen molar-refractivity contribution in [3.05, 3.63) is 35.1 Å². The maximum Gasteiger partial charge on any atom is 0.347 e. The first kappa shape index (κ1) is 27.5. The second-order valence-corrected chi connectivity index (χ2v) is 11.4. The molecule has 5 atom stereocenters. The fourth-order valence-corrected chi connectivity index (χ4v) is 6.64. The van der Waals surface area contributed by atoms with Crippen molar-refractivity contribution < 1.29 is 43.2 Å². The molecule has 2 heterocycles. The molecule has 1 aromatic carbocycles. The van der Waals surface area contributed by atoms with E-state index in [0.717, 1.165) is 17.7 Å². The molecule has 1 aromatic rings. The van der Waals surface area contributed by atoms with Crippen LogP contribution in [0.2, 0.25) is 0 Å². The van der Waals surface area contributed by atoms with Crippen molar-refractivity contribution in [2.24, 2.45) is 5.92 Å². The van der Waals surface area contributed by atoms with Crippen molar-refractivity contribution in [1.82, 2.24) is 4.90 Å². The van der Waals surface area contributed by atoms with Crippen molar-refractivity contribution in [2.75, 3.05) is 27.3 Å². The summed E-state index contributed by atoms with van der Waals surface area (Å²) in [5.74, 6) is -0.292. The van der Waals surface area contributed by atoms with E-state index in [-0.39, 0.29) is 31.4 Å². The highest BCUT2D eigenvalue weighted by atomic mass is 16.6. The van der Waals surface area contributed by atoms with Crippen LogP contribution in [-0.4, -0.2) is 79.1 Å². The van der Waals surface area contributed by atoms with Crippen LogP contribution >= 0.6 is 0 Å². The van der Waals surface area contributed by atoms with Crippen LogP contribution in [0.4, 0.5) is 0 Å². The van der Waals surface area contributed by atoms with Crippen LogP contribution in [0, 0.1) is 5.92 Å². The Morgan fingerprint density at radius 2 is 1.92 bits per heavy atom. The second-order valence-electron chi connectivity index (χ2n) is 11.4. The van der Waals surface area contributed by atoms with E-state index in [4.69, 9.17) is 23.7 Å². The molecule has 1 fully saturated rings. The maximum atomic E-state index is 12.8. The summed E-state index contributed by atoms with van der Waals surface area (Å²) in [6.07, 6.45) is 1.10. The molecular weight excluding hydrogens is 506 g/mol. The number of nitrogens with zero attached hydrogens (tertiary/aromatic N) is 1. The summed E-state index contributed by atoms with van der Waals surface area (Å²) in [5.41, 5.74) is 0.166. The number of ether oxygens (including phenoxy) is 5. The van der Waals surface area contributed by atoms with Gasteiger partial charge in [0.15, 0.2) is 23.7 Å². The number of likely N-dealkylation sites (N-methyl/N-ethyl adjacent to an activating group) is 1. The number of hydrogen-bond donors (Lipinski definition) is 1. The van der Waals surface area contributed by atoms with E-state index in [9.17, 15) is 19.5 Å². The summed E-state index contributed by atoms with van der Waals surface area (Å²) in [4.78, 5) is 39.3. The lowest BCUT2D eigenvalue weighted by Gasteiger charge is -2.61. The molecule has 0 amide bonds. The minimum Gasteiger partial charge on any atom is -0.493 e. The number of carbonyl (C=O) groups excluding carboxylic acids is 3. The predicted molar refractivity (Wildman–Crippen MR) is 138 cm³/mol. The van der Waals surface area contributed by atoms with Gasteiger partial charge in [0.2, 0.25) is 0 Å². The van der Waals surface area contributed by atoms with Crippen LogP contribution < -0.4 is 9.47 Å². The number of carbonyl (C=O) groups is 3. The Balaban J connectivity index is 1.29. The van der Waals surface area contributed by atoms with E-state index < -0.39 is 41.1 Å². The lowest BCUT2D eigenvalue weighted by molar-refractivity contribution is -0.170. The number of rotatable bonds is 9. The lowest BCUT2D eigenvalue weighted by Crippen LogP contribution is -2.74. The molecule has 0 unspecified atom stereocenters. The zero-order valence-corrected chi connectivity index (χ0v) is 23.2. The number of likely N-dealkylation sites (tertiary alicyclic amines) is 1. The number of piperidine rings is 1. The van der Waals surface area contributed by atoms with Gasteiger partial charge in [-0.05, 0) is 57.0 Å². The molecular formula is C29H37NO9. The quantitative estimate of drug-likeness (QED) is 0.367. The topological polar surface area (TPSA) is 121 Å². The van der Waals surface area contributed by atoms with Gasteiger partial charge in [-0.15, -0.1) is 0 Å². The van der Waals surface area contributed by atoms with Gasteiger partial charge in [0, 0.05) is 18.0 Å². The molecule has 2 aliphatic carbocycles. The molecule has 5 rings (SSSR count). The Hall–Kier alpha value is -3.11. The number of methoxy groups -OCH3 is 1. The van der Waals surface area contributed by atoms with E-state index in [1.54, 1.807) is 13.2 Å². The van der Waals surface area contributed by atoms with Gasteiger partial charge in [-0.25, -0.2) is 4.79 Å². The van der Waals surface area contributed by atoms with Gasteiger partial charge in [0.25, 0.3) is 0 Å². The van der Waals surface area contributed by atoms with Crippen LogP contribution in [0.3, 0.4) is 0 Å². The average Bonchev–Trinajstić information content (AvgIpc) is 3.25. The zero-order chi connectivity index (χ0) is 28.1. The number of hydrogen-bond acceptors (Lipinski definition) is 10. The van der Waals surface area contributed by atoms with Gasteiger partial charge in [-0.2, -0.15) is 0 Å². The molecule has 2 bridgehead atoms. The SMILES string of the molecule is COc1ccc2c3c1O[C@H]1C(OC(=O)CCC(=O)O[C@@H](C)C(=O)OCC(C)C)=CC[C@@]4(O)[C@@H](C2)N(C)CC[C@]314. The van der Waals surface area contributed by atoms with Gasteiger partial charge in [-0.1, -0.05) is 19.9 Å². The molecule has 1 spiro atoms. The molecule has 0 aromatic heterocycles. The van der Waals surface area contributed by atoms with Crippen molar-refractivity contribution in [3.8, 4) is 11.5 Å². The molecule has 0 radical (unpaired) electrons. The van der Waals surface area contributed by atoms with E-state index >= 15 is 0 Å². The summed E-state index contributed by atoms with van der Waals surface area (Å²) in [6.45, 7) is 6.23. The number of esters is 3. The number of benzene rings is 1. The Kier molecular flexibility index (Phi) is 7.13. The van der Waals surface area contributed by atoms with Gasteiger partial charge >= 0.3 is 17.9 Å². The summed E-state index contributed by atoms with van der Waals surface area (Å²) in [7, 11) is 3.60. The summed E-state index contributed by atoms with van der Waals surface area (Å²) >= 11 is 0. The Bertz CT molecular complexity index is 1210. The smallest absolute Gasteiger partial charge is 0.347 e. The summed E-state index contributed by atoms with van der Waals surface area (Å²) in [6, 6.07) is 3.80. The summed E-state index contributed by atoms with van der Waals surface area (Å²) < 4.78 is 28.0. The lowest BCUT2D eigenvalue weighted by atomic mass is 9.50. The minimum absolute atomic E-state index is 0.110. The first-order valence-electron chi connectivity index (χ1n) is 13.6. The molecule has 212 valence electrons. The Morgan fingerprint density at radius 3 is 2.64 bits per heavy atom. The third-order valence-corrected chi connectivity index (χ3v) is 8.52. The predicted octanol–water partition coefficient (Wildman–Crippen LogP) is 2.43. The standard InChI is InChI=1S/C29H37NO9/c1-16(2)15-36-27(33)17(3)37-22(31)8-9-23(32)38-20-10-11-29(34)21-14-18-6-7-19(35-5)25-24(18)28(29,26(20)39-25)12-13-30(21)4/h6-7,10,16-17,21,26,34H,8-9,11-15H2,1-5H3/t17-,21+,26-,28-,29+/m0/s1. The fraction of sp³-hybridized carbons (Fsp3) is 0.621. The van der Waals surface area contributed by atoms with E-state index in [1.807, 2.05) is 33.0 Å². The highest BCUT2D eigenvalue weighted by Crippen LogP contribution is 2.65. The van der Waals surface area contributed by atoms with Crippen molar-refractivity contribution in [1.29, 1.82) is 0 Å². The van der Waals surface area contributed by atoms with Crippen LogP contribution in [0.1, 0.15) is 57.6 Å². The normalized spacial score (nSPS) is 29.1. The molecule has 4 aliphatic rings. The molecule has 39 heavy (non-hydrogen) atoms. The summed E-state index contributed by atoms with van der Waals surface area (Å²) in [5, 5.41) is 12.2. The first-order chi connectivity index (χ1) is 18.5. The zero-order valence-electron chi connectivity index (χ0n) is 23.2. The average molecular weight is 544 g/mol. The highest BCUT2D eigenvalue weighted by Gasteiger charge is 2.72. The van der Waals surface area contributed by atoms with E-state index in [2.05, 4.69) is 4.90 Å².